The predicted octanol–water partition coefficient (Wildman–Crippen LogP) is 3.50. The summed E-state index contributed by atoms with van der Waals surface area (Å²) in [5.74, 6) is 0.110. The molecule has 1 aromatic carbocycles. The first-order valence-corrected chi connectivity index (χ1v) is 18.8. The summed E-state index contributed by atoms with van der Waals surface area (Å²) in [5.41, 5.74) is -0.510. The van der Waals surface area contributed by atoms with Gasteiger partial charge in [0, 0.05) is 62.4 Å². The second-order valence-electron chi connectivity index (χ2n) is 16.1. The van der Waals surface area contributed by atoms with Gasteiger partial charge in [0.15, 0.2) is 0 Å². The lowest BCUT2D eigenvalue weighted by molar-refractivity contribution is -0.164. The van der Waals surface area contributed by atoms with Crippen molar-refractivity contribution in [2.45, 2.75) is 85.5 Å². The Balaban J connectivity index is 1.14. The van der Waals surface area contributed by atoms with E-state index in [1.165, 1.54) is 0 Å². The summed E-state index contributed by atoms with van der Waals surface area (Å²) < 4.78 is 11.9. The van der Waals surface area contributed by atoms with Crippen LogP contribution in [-0.2, 0) is 19.1 Å². The van der Waals surface area contributed by atoms with Crippen molar-refractivity contribution in [2.75, 3.05) is 51.8 Å². The number of carbonyl (C=O) groups excluding carboxylic acids is 4. The van der Waals surface area contributed by atoms with Crippen LogP contribution in [0.1, 0.15) is 77.2 Å². The minimum absolute atomic E-state index is 0.174. The van der Waals surface area contributed by atoms with Crippen LogP contribution in [0.15, 0.2) is 36.5 Å². The Bertz CT molecular complexity index is 1690. The van der Waals surface area contributed by atoms with Crippen LogP contribution in [0, 0.1) is 27.6 Å². The largest absolute Gasteiger partial charge is 0.489 e. The molecule has 0 unspecified atom stereocenters. The third kappa shape index (κ3) is 9.99. The molecule has 2 aromatic rings. The summed E-state index contributed by atoms with van der Waals surface area (Å²) in [6.45, 7) is 16.1. The maximum atomic E-state index is 13.4. The summed E-state index contributed by atoms with van der Waals surface area (Å²) in [6, 6.07) is 9.05. The third-order valence-corrected chi connectivity index (χ3v) is 10.5. The quantitative estimate of drug-likeness (QED) is 0.158. The SMILES string of the molecule is CNC(=O)[C@@H]1CCCN1C(=O)[C@@H](NC(=O)COCCNCCNc1ccc(C(=O)N[C@H]2C(C)(C)[C@H](Oc3ccc(C#N)c(Cl)c3)C2(C)C)cn1)C(C)(C)C. The second-order valence-corrected chi connectivity index (χ2v) is 16.5. The number of likely N-dealkylation sites (N-methyl/N-ethyl adjacent to an activating group) is 1. The van der Waals surface area contributed by atoms with Crippen LogP contribution in [0.3, 0.4) is 0 Å². The molecule has 1 aliphatic heterocycles. The average molecular weight is 767 g/mol. The maximum Gasteiger partial charge on any atom is 0.253 e. The number of hydrogen-bond acceptors (Lipinski definition) is 10. The molecule has 14 nitrogen and oxygen atoms in total. The topological polar surface area (TPSA) is 187 Å². The van der Waals surface area contributed by atoms with Gasteiger partial charge in [-0.3, -0.25) is 19.2 Å². The highest BCUT2D eigenvalue weighted by Crippen LogP contribution is 2.55. The van der Waals surface area contributed by atoms with Gasteiger partial charge in [-0.2, -0.15) is 5.26 Å². The summed E-state index contributed by atoms with van der Waals surface area (Å²) >= 11 is 6.21. The van der Waals surface area contributed by atoms with E-state index in [1.54, 1.807) is 48.5 Å². The Morgan fingerprint density at radius 1 is 1.07 bits per heavy atom. The summed E-state index contributed by atoms with van der Waals surface area (Å²) in [7, 11) is 1.55. The predicted molar refractivity (Wildman–Crippen MR) is 206 cm³/mol. The maximum absolute atomic E-state index is 13.4. The van der Waals surface area contributed by atoms with Crippen LogP contribution in [0.25, 0.3) is 0 Å². The molecule has 4 amide bonds. The molecule has 5 N–H and O–H groups in total. The molecule has 2 aliphatic rings. The number of likely N-dealkylation sites (tertiary alicyclic amines) is 1. The summed E-state index contributed by atoms with van der Waals surface area (Å²) in [5, 5.41) is 24.6. The fourth-order valence-electron chi connectivity index (χ4n) is 7.64. The van der Waals surface area contributed by atoms with Gasteiger partial charge >= 0.3 is 0 Å². The van der Waals surface area contributed by atoms with E-state index in [0.717, 1.165) is 6.42 Å². The third-order valence-electron chi connectivity index (χ3n) is 10.2. The first-order chi connectivity index (χ1) is 25.4. The Labute approximate surface area is 323 Å². The minimum Gasteiger partial charge on any atom is -0.489 e. The number of rotatable bonds is 16. The number of pyridine rings is 1. The number of nitrogens with zero attached hydrogens (tertiary/aromatic N) is 3. The van der Waals surface area contributed by atoms with Gasteiger partial charge in [-0.25, -0.2) is 4.98 Å². The van der Waals surface area contributed by atoms with E-state index in [0.29, 0.717) is 66.9 Å². The highest BCUT2D eigenvalue weighted by Gasteiger charge is 2.64. The molecule has 54 heavy (non-hydrogen) atoms. The molecule has 1 saturated carbocycles. The lowest BCUT2D eigenvalue weighted by atomic mass is 9.49. The molecule has 0 bridgehead atoms. The van der Waals surface area contributed by atoms with Gasteiger partial charge < -0.3 is 41.0 Å². The Kier molecular flexibility index (Phi) is 13.9. The van der Waals surface area contributed by atoms with E-state index < -0.39 is 23.4 Å². The molecule has 1 saturated heterocycles. The van der Waals surface area contributed by atoms with Crippen LogP contribution < -0.4 is 31.3 Å². The van der Waals surface area contributed by atoms with E-state index in [-0.39, 0.29) is 47.3 Å². The molecular weight excluding hydrogens is 712 g/mol. The van der Waals surface area contributed by atoms with Crippen LogP contribution in [0.2, 0.25) is 5.02 Å². The van der Waals surface area contributed by atoms with E-state index in [1.807, 2.05) is 20.8 Å². The van der Waals surface area contributed by atoms with E-state index in [4.69, 9.17) is 26.3 Å². The van der Waals surface area contributed by atoms with Crippen molar-refractivity contribution in [3.05, 3.63) is 52.7 Å². The zero-order valence-corrected chi connectivity index (χ0v) is 33.4. The van der Waals surface area contributed by atoms with Gasteiger partial charge in [-0.1, -0.05) is 60.1 Å². The molecule has 1 aromatic heterocycles. The minimum atomic E-state index is -0.794. The Morgan fingerprint density at radius 3 is 2.41 bits per heavy atom. The van der Waals surface area contributed by atoms with Gasteiger partial charge in [0.25, 0.3) is 5.91 Å². The lowest BCUT2D eigenvalue weighted by Crippen LogP contribution is -2.74. The smallest absolute Gasteiger partial charge is 0.253 e. The van der Waals surface area contributed by atoms with Crippen LogP contribution in [-0.4, -0.2) is 104 Å². The number of ether oxygens (including phenoxy) is 2. The normalized spacial score (nSPS) is 20.5. The lowest BCUT2D eigenvalue weighted by Gasteiger charge is -2.63. The average Bonchev–Trinajstić information content (AvgIpc) is 3.62. The summed E-state index contributed by atoms with van der Waals surface area (Å²) in [6.07, 6.45) is 2.66. The number of nitriles is 1. The second kappa shape index (κ2) is 17.8. The molecular formula is C39H55ClN8O6. The molecule has 1 aliphatic carbocycles. The number of halogens is 1. The van der Waals surface area contributed by atoms with E-state index >= 15 is 0 Å². The van der Waals surface area contributed by atoms with E-state index in [9.17, 15) is 19.2 Å². The van der Waals surface area contributed by atoms with Crippen LogP contribution in [0.5, 0.6) is 5.75 Å². The highest BCUT2D eigenvalue weighted by atomic mass is 35.5. The first kappa shape index (κ1) is 42.3. The highest BCUT2D eigenvalue weighted by molar-refractivity contribution is 6.31. The molecule has 294 valence electrons. The standard InChI is InChI=1S/C39H55ClN8O6/c1-37(2,3)31(34(52)48-18-9-10-28(48)33(51)42-8)46-30(49)23-53-19-17-43-15-16-44-29-14-12-25(22-45-29)32(50)47-35-38(4,5)36(39(35,6)7)54-26-13-11-24(21-41)27(40)20-26/h11-14,20,22,28,31,35-36,43H,9-10,15-19,23H2,1-8H3,(H,42,51)(H,44,45)(H,46,49)(H,47,50)/t28-,31+,35-,36-/m0/s1. The fraction of sp³-hybridized carbons (Fsp3) is 0.590. The zero-order chi connectivity index (χ0) is 39.8. The molecule has 15 heteroatoms. The van der Waals surface area contributed by atoms with Crippen molar-refractivity contribution in [3.8, 4) is 11.8 Å². The van der Waals surface area contributed by atoms with Crippen molar-refractivity contribution < 1.29 is 28.7 Å². The first-order valence-electron chi connectivity index (χ1n) is 18.4. The number of anilines is 1. The van der Waals surface area contributed by atoms with Gasteiger partial charge in [-0.15, -0.1) is 0 Å². The molecule has 4 rings (SSSR count). The van der Waals surface area contributed by atoms with Crippen molar-refractivity contribution >= 4 is 41.0 Å². The number of benzene rings is 1. The van der Waals surface area contributed by atoms with Crippen molar-refractivity contribution in [2.24, 2.45) is 16.2 Å². The fourth-order valence-corrected chi connectivity index (χ4v) is 7.86. The molecule has 0 radical (unpaired) electrons. The Morgan fingerprint density at radius 2 is 1.80 bits per heavy atom. The number of amides is 4. The van der Waals surface area contributed by atoms with Gasteiger partial charge in [0.2, 0.25) is 17.7 Å². The number of aromatic nitrogens is 1. The number of hydrogen-bond donors (Lipinski definition) is 5. The number of carbonyl (C=O) groups is 4. The zero-order valence-electron chi connectivity index (χ0n) is 32.6. The monoisotopic (exact) mass is 766 g/mol. The van der Waals surface area contributed by atoms with Crippen molar-refractivity contribution in [3.63, 3.8) is 0 Å². The summed E-state index contributed by atoms with van der Waals surface area (Å²) in [4.78, 5) is 57.6. The molecule has 2 fully saturated rings. The molecule has 2 heterocycles. The van der Waals surface area contributed by atoms with Crippen molar-refractivity contribution in [1.82, 2.24) is 31.2 Å². The number of nitrogens with one attached hydrogen (secondary N) is 5. The molecule has 2 atom stereocenters. The van der Waals surface area contributed by atoms with Gasteiger partial charge in [0.1, 0.15) is 42.4 Å². The Hall–Kier alpha value is -4.45. The van der Waals surface area contributed by atoms with Crippen molar-refractivity contribution in [1.29, 1.82) is 5.26 Å². The van der Waals surface area contributed by atoms with Gasteiger partial charge in [-0.05, 0) is 42.5 Å². The van der Waals surface area contributed by atoms with E-state index in [2.05, 4.69) is 65.3 Å². The van der Waals surface area contributed by atoms with Crippen LogP contribution in [0.4, 0.5) is 5.82 Å². The van der Waals surface area contributed by atoms with Crippen LogP contribution >= 0.6 is 11.6 Å². The van der Waals surface area contributed by atoms with Gasteiger partial charge in [0.05, 0.1) is 22.8 Å². The molecule has 0 spiro atoms.